The molecule has 11 aromatic carbocycles. The monoisotopic (exact) mass is 990 g/mol. The summed E-state index contributed by atoms with van der Waals surface area (Å²) in [4.78, 5) is 16.4. The third-order valence-electron chi connectivity index (χ3n) is 14.7. The highest BCUT2D eigenvalue weighted by molar-refractivity contribution is 7.26. The maximum atomic E-state index is 5.54. The molecule has 0 bridgehead atoms. The number of hydrogen-bond donors (Lipinski definition) is 0. The number of nitrogens with zero attached hydrogens (tertiary/aromatic N) is 4. The van der Waals surface area contributed by atoms with Gasteiger partial charge in [-0.15, -0.1) is 22.7 Å². The van der Waals surface area contributed by atoms with Crippen molar-refractivity contribution in [2.45, 2.75) is 0 Å². The Morgan fingerprint density at radius 2 is 0.707 bits per heavy atom. The largest absolute Gasteiger partial charge is 0.308 e. The maximum absolute atomic E-state index is 5.54. The topological polar surface area (TPSA) is 43.6 Å². The Bertz CT molecular complexity index is 4530. The van der Waals surface area contributed by atoms with E-state index < -0.39 is 0 Å². The molecule has 0 aliphatic carbocycles. The van der Waals surface area contributed by atoms with E-state index in [4.69, 9.17) is 15.0 Å². The van der Waals surface area contributed by atoms with Gasteiger partial charge in [0.15, 0.2) is 17.5 Å². The van der Waals surface area contributed by atoms with Crippen LogP contribution in [-0.4, -0.2) is 19.5 Å². The lowest BCUT2D eigenvalue weighted by molar-refractivity contribution is 1.08. The molecule has 0 spiro atoms. The Kier molecular flexibility index (Phi) is 10.2. The van der Waals surface area contributed by atoms with E-state index in [0.29, 0.717) is 17.5 Å². The van der Waals surface area contributed by atoms with E-state index in [1.54, 1.807) is 22.7 Å². The third kappa shape index (κ3) is 7.37. The minimum absolute atomic E-state index is 0.604. The summed E-state index contributed by atoms with van der Waals surface area (Å²) < 4.78 is 7.34. The van der Waals surface area contributed by atoms with E-state index in [1.807, 2.05) is 0 Å². The van der Waals surface area contributed by atoms with Gasteiger partial charge < -0.3 is 4.57 Å². The van der Waals surface area contributed by atoms with Crippen LogP contribution in [0.15, 0.2) is 255 Å². The van der Waals surface area contributed by atoms with Crippen molar-refractivity contribution in [1.29, 1.82) is 0 Å². The molecule has 0 saturated carbocycles. The molecule has 0 radical (unpaired) electrons. The van der Waals surface area contributed by atoms with Gasteiger partial charge in [-0.05, 0) is 94.0 Å². The minimum atomic E-state index is 0.604. The summed E-state index contributed by atoms with van der Waals surface area (Å²) in [6.45, 7) is 0. The van der Waals surface area contributed by atoms with Crippen molar-refractivity contribution in [1.82, 2.24) is 19.5 Å². The molecule has 350 valence electrons. The van der Waals surface area contributed by atoms with Crippen LogP contribution in [0.3, 0.4) is 0 Å². The van der Waals surface area contributed by atoms with Crippen molar-refractivity contribution >= 4 is 84.8 Å². The molecule has 4 nitrogen and oxygen atoms in total. The summed E-state index contributed by atoms with van der Waals surface area (Å²) in [6, 6.07) is 92.0. The first-order valence-corrected chi connectivity index (χ1v) is 26.9. The van der Waals surface area contributed by atoms with Crippen LogP contribution in [0.1, 0.15) is 0 Å². The van der Waals surface area contributed by atoms with Crippen molar-refractivity contribution in [2.75, 3.05) is 0 Å². The number of thiophene rings is 2. The fourth-order valence-corrected chi connectivity index (χ4v) is 13.5. The summed E-state index contributed by atoms with van der Waals surface area (Å²) >= 11 is 3.59. The van der Waals surface area contributed by atoms with Crippen molar-refractivity contribution in [2.24, 2.45) is 0 Å². The highest BCUT2D eigenvalue weighted by Gasteiger charge is 2.25. The summed E-state index contributed by atoms with van der Waals surface area (Å²) in [6.07, 6.45) is 0. The zero-order valence-electron chi connectivity index (χ0n) is 40.4. The molecule has 15 rings (SSSR count). The van der Waals surface area contributed by atoms with Crippen LogP contribution in [0.4, 0.5) is 0 Å². The van der Waals surface area contributed by atoms with Gasteiger partial charge in [-0.1, -0.05) is 194 Å². The lowest BCUT2D eigenvalue weighted by atomic mass is 9.92. The molecule has 0 amide bonds. The van der Waals surface area contributed by atoms with Crippen LogP contribution in [0.2, 0.25) is 0 Å². The molecule has 0 aliphatic rings. The van der Waals surface area contributed by atoms with Gasteiger partial charge in [0.05, 0.1) is 16.7 Å². The fourth-order valence-electron chi connectivity index (χ4n) is 11.1. The lowest BCUT2D eigenvalue weighted by Crippen LogP contribution is -2.04. The molecule has 75 heavy (non-hydrogen) atoms. The molecular weight excluding hydrogens is 949 g/mol. The SMILES string of the molecule is c1ccc(-c2ccc3c(c2)c2cc(-c4ccccc4)ccc2n3-c2c(-c3ccccc3)cc(-c3nc(-c4ccc5c(c4)sc4ccccc45)nc(-c4cccc5c4sc4ccccc45)n3)cc2-c2ccccc2)cc1. The molecule has 0 unspecified atom stereocenters. The van der Waals surface area contributed by atoms with Crippen molar-refractivity contribution in [3.8, 4) is 84.4 Å². The number of aromatic nitrogens is 4. The predicted octanol–water partition coefficient (Wildman–Crippen LogP) is 19.4. The maximum Gasteiger partial charge on any atom is 0.165 e. The van der Waals surface area contributed by atoms with Crippen LogP contribution in [0, 0.1) is 0 Å². The molecular formula is C69H42N4S2. The number of hydrogen-bond acceptors (Lipinski definition) is 5. The average Bonchev–Trinajstić information content (AvgIpc) is 4.20. The molecule has 4 aromatic heterocycles. The third-order valence-corrected chi connectivity index (χ3v) is 17.0. The number of benzene rings is 11. The van der Waals surface area contributed by atoms with Crippen molar-refractivity contribution < 1.29 is 0 Å². The second-order valence-corrected chi connectivity index (χ2v) is 21.2. The van der Waals surface area contributed by atoms with Crippen LogP contribution < -0.4 is 0 Å². The van der Waals surface area contributed by atoms with Crippen LogP contribution >= 0.6 is 22.7 Å². The molecule has 4 heterocycles. The van der Waals surface area contributed by atoms with Gasteiger partial charge in [-0.3, -0.25) is 0 Å². The highest BCUT2D eigenvalue weighted by Crippen LogP contribution is 2.46. The Balaban J connectivity index is 1.02. The van der Waals surface area contributed by atoms with Gasteiger partial charge in [0, 0.05) is 78.9 Å². The number of fused-ring (bicyclic) bond motifs is 9. The van der Waals surface area contributed by atoms with Crippen molar-refractivity contribution in [3.05, 3.63) is 255 Å². The predicted molar refractivity (Wildman–Crippen MR) is 318 cm³/mol. The van der Waals surface area contributed by atoms with Gasteiger partial charge in [0.2, 0.25) is 0 Å². The summed E-state index contributed by atoms with van der Waals surface area (Å²) in [5.74, 6) is 1.87. The molecule has 0 fully saturated rings. The van der Waals surface area contributed by atoms with E-state index in [9.17, 15) is 0 Å². The zero-order valence-corrected chi connectivity index (χ0v) is 42.0. The average molecular weight is 991 g/mol. The van der Waals surface area contributed by atoms with Gasteiger partial charge in [-0.25, -0.2) is 15.0 Å². The van der Waals surface area contributed by atoms with E-state index >= 15 is 0 Å². The molecule has 6 heteroatoms. The van der Waals surface area contributed by atoms with Gasteiger partial charge in [0.1, 0.15) is 0 Å². The second-order valence-electron chi connectivity index (χ2n) is 19.1. The smallest absolute Gasteiger partial charge is 0.165 e. The molecule has 15 aromatic rings. The van der Waals surface area contributed by atoms with E-state index in [1.165, 1.54) is 68.7 Å². The van der Waals surface area contributed by atoms with Gasteiger partial charge in [0.25, 0.3) is 0 Å². The van der Waals surface area contributed by atoms with E-state index in [2.05, 4.69) is 259 Å². The van der Waals surface area contributed by atoms with Crippen molar-refractivity contribution in [3.63, 3.8) is 0 Å². The van der Waals surface area contributed by atoms with Gasteiger partial charge >= 0.3 is 0 Å². The van der Waals surface area contributed by atoms with Gasteiger partial charge in [-0.2, -0.15) is 0 Å². The minimum Gasteiger partial charge on any atom is -0.308 e. The number of rotatable bonds is 8. The summed E-state index contributed by atoms with van der Waals surface area (Å²) in [5, 5.41) is 7.29. The molecule has 0 saturated heterocycles. The quantitative estimate of drug-likeness (QED) is 0.152. The van der Waals surface area contributed by atoms with E-state index in [-0.39, 0.29) is 0 Å². The Morgan fingerprint density at radius 1 is 0.253 bits per heavy atom. The first-order valence-electron chi connectivity index (χ1n) is 25.2. The van der Waals surface area contributed by atoms with E-state index in [0.717, 1.165) is 60.4 Å². The van der Waals surface area contributed by atoms with Crippen LogP contribution in [0.5, 0.6) is 0 Å². The zero-order chi connectivity index (χ0) is 49.4. The Labute approximate surface area is 440 Å². The second kappa shape index (κ2) is 17.7. The Hall–Kier alpha value is -9.33. The first-order chi connectivity index (χ1) is 37.2. The normalized spacial score (nSPS) is 11.7. The molecule has 0 atom stereocenters. The highest BCUT2D eigenvalue weighted by atomic mass is 32.1. The van der Waals surface area contributed by atoms with Crippen LogP contribution in [-0.2, 0) is 0 Å². The van der Waals surface area contributed by atoms with Crippen LogP contribution in [0.25, 0.3) is 147 Å². The lowest BCUT2D eigenvalue weighted by Gasteiger charge is -2.21. The Morgan fingerprint density at radius 3 is 1.29 bits per heavy atom. The summed E-state index contributed by atoms with van der Waals surface area (Å²) in [5.41, 5.74) is 15.2. The first kappa shape index (κ1) is 43.3. The molecule has 0 N–H and O–H groups in total. The standard InChI is InChI=1S/C69H42N4S2/c1-5-18-43(19-6-1)47-33-36-60-58(38-47)59-39-48(44-20-7-2-8-21-44)34-37-61(59)73(60)65-56(45-22-9-3-10-23-45)40-50(41-57(65)46-24-11-4-12-25-46)68-70-67(49-32-35-53-51-26-13-15-30-62(51)74-64(53)42-49)71-69(72-68)55-29-17-28-54-52-27-14-16-31-63(52)75-66(54)55/h1-42H. The molecule has 0 aliphatic heterocycles. The summed E-state index contributed by atoms with van der Waals surface area (Å²) in [7, 11) is 0. The fraction of sp³-hybridized carbons (Fsp3) is 0.